The summed E-state index contributed by atoms with van der Waals surface area (Å²) >= 11 is 13.2. The minimum absolute atomic E-state index is 0.235. The third-order valence-electron chi connectivity index (χ3n) is 5.62. The van der Waals surface area contributed by atoms with Gasteiger partial charge in [0.2, 0.25) is 6.41 Å². The van der Waals surface area contributed by atoms with E-state index < -0.39 is 0 Å². The molecule has 2 N–H and O–H groups in total. The summed E-state index contributed by atoms with van der Waals surface area (Å²) in [5, 5.41) is 0.469. The van der Waals surface area contributed by atoms with E-state index in [-0.39, 0.29) is 21.5 Å². The van der Waals surface area contributed by atoms with Crippen LogP contribution in [-0.4, -0.2) is 63.2 Å². The van der Waals surface area contributed by atoms with Crippen LogP contribution in [-0.2, 0) is 11.2 Å². The molecule has 0 atom stereocenters. The summed E-state index contributed by atoms with van der Waals surface area (Å²) in [6, 6.07) is 6.97. The Morgan fingerprint density at radius 3 is 2.33 bits per heavy atom. The van der Waals surface area contributed by atoms with E-state index in [9.17, 15) is 9.59 Å². The fourth-order valence-electron chi connectivity index (χ4n) is 3.87. The second-order valence-corrected chi connectivity index (χ2v) is 8.43. The first-order chi connectivity index (χ1) is 15.9. The molecular weight excluding hydrogens is 463 g/mol. The van der Waals surface area contributed by atoms with E-state index in [1.807, 2.05) is 13.0 Å². The van der Waals surface area contributed by atoms with E-state index in [0.29, 0.717) is 49.7 Å². The van der Waals surface area contributed by atoms with Gasteiger partial charge in [-0.05, 0) is 30.7 Å². The number of benzene rings is 1. The molecule has 0 unspecified atom stereocenters. The Balaban J connectivity index is 1.74. The second kappa shape index (κ2) is 9.72. The maximum Gasteiger partial charge on any atom is 0.257 e. The van der Waals surface area contributed by atoms with Crippen LogP contribution in [0.4, 0.5) is 5.82 Å². The van der Waals surface area contributed by atoms with Crippen molar-refractivity contribution in [1.29, 1.82) is 0 Å². The fraction of sp³-hybridized carbons (Fsp3) is 0.261. The standard InChI is InChI=1S/C23H22Cl2N6O2/c1-2-18-20(14-3-4-19(26)27-11-14)22(29-12-28-18)15-9-16(24)21(17(25)10-15)23(33)31-7-5-30(13-32)6-8-31/h3-4,9-13H,2,5-8H2,1H3,(H2,26,27). The number of anilines is 1. The number of pyridine rings is 1. The normalized spacial score (nSPS) is 13.8. The molecule has 0 aliphatic carbocycles. The maximum atomic E-state index is 13.1. The van der Waals surface area contributed by atoms with Crippen molar-refractivity contribution in [3.63, 3.8) is 0 Å². The minimum atomic E-state index is -0.262. The SMILES string of the molecule is CCc1ncnc(-c2cc(Cl)c(C(=O)N3CCN(C=O)CC3)c(Cl)c2)c1-c1ccc(N)nc1. The largest absolute Gasteiger partial charge is 0.384 e. The first kappa shape index (κ1) is 22.9. The number of amides is 2. The van der Waals surface area contributed by atoms with Gasteiger partial charge in [0, 0.05) is 49.1 Å². The van der Waals surface area contributed by atoms with E-state index in [4.69, 9.17) is 28.9 Å². The van der Waals surface area contributed by atoms with Crippen molar-refractivity contribution in [3.8, 4) is 22.4 Å². The number of nitrogen functional groups attached to an aromatic ring is 1. The van der Waals surface area contributed by atoms with Crippen molar-refractivity contribution < 1.29 is 9.59 Å². The van der Waals surface area contributed by atoms with Crippen LogP contribution in [0.1, 0.15) is 23.0 Å². The highest BCUT2D eigenvalue weighted by Crippen LogP contribution is 2.37. The number of rotatable bonds is 5. The molecule has 3 heterocycles. The van der Waals surface area contributed by atoms with Crippen LogP contribution in [0.25, 0.3) is 22.4 Å². The third kappa shape index (κ3) is 4.62. The molecule has 10 heteroatoms. The van der Waals surface area contributed by atoms with Gasteiger partial charge in [-0.1, -0.05) is 30.1 Å². The van der Waals surface area contributed by atoms with Gasteiger partial charge in [0.1, 0.15) is 12.1 Å². The fourth-order valence-corrected chi connectivity index (χ4v) is 4.52. The summed E-state index contributed by atoms with van der Waals surface area (Å²) in [6.45, 7) is 3.80. The topological polar surface area (TPSA) is 105 Å². The number of aryl methyl sites for hydroxylation is 1. The van der Waals surface area contributed by atoms with Gasteiger partial charge in [0.15, 0.2) is 0 Å². The van der Waals surface area contributed by atoms with Crippen molar-refractivity contribution in [3.05, 3.63) is 58.1 Å². The number of halogens is 2. The molecule has 1 saturated heterocycles. The Hall–Kier alpha value is -3.23. The highest BCUT2D eigenvalue weighted by Gasteiger charge is 2.26. The first-order valence-corrected chi connectivity index (χ1v) is 11.2. The van der Waals surface area contributed by atoms with Crippen LogP contribution < -0.4 is 5.73 Å². The molecule has 0 spiro atoms. The number of hydrogen-bond acceptors (Lipinski definition) is 6. The van der Waals surface area contributed by atoms with Crippen molar-refractivity contribution in [2.75, 3.05) is 31.9 Å². The molecule has 8 nitrogen and oxygen atoms in total. The van der Waals surface area contributed by atoms with Crippen LogP contribution in [0.5, 0.6) is 0 Å². The van der Waals surface area contributed by atoms with E-state index >= 15 is 0 Å². The molecule has 1 aliphatic heterocycles. The van der Waals surface area contributed by atoms with E-state index in [0.717, 1.165) is 23.2 Å². The smallest absolute Gasteiger partial charge is 0.257 e. The lowest BCUT2D eigenvalue weighted by molar-refractivity contribution is -0.119. The quantitative estimate of drug-likeness (QED) is 0.554. The highest BCUT2D eigenvalue weighted by atomic mass is 35.5. The summed E-state index contributed by atoms with van der Waals surface area (Å²) in [6.07, 6.45) is 4.64. The van der Waals surface area contributed by atoms with Crippen LogP contribution in [0.15, 0.2) is 36.8 Å². The Bertz CT molecular complexity index is 1170. The molecule has 0 bridgehead atoms. The highest BCUT2D eigenvalue weighted by molar-refractivity contribution is 6.40. The Morgan fingerprint density at radius 2 is 1.76 bits per heavy atom. The molecule has 0 saturated carbocycles. The van der Waals surface area contributed by atoms with E-state index in [2.05, 4.69) is 15.0 Å². The van der Waals surface area contributed by atoms with Crippen LogP contribution in [0.2, 0.25) is 10.0 Å². The second-order valence-electron chi connectivity index (χ2n) is 7.62. The summed E-state index contributed by atoms with van der Waals surface area (Å²) in [5.41, 5.74) is 9.76. The Kier molecular flexibility index (Phi) is 6.76. The number of carbonyl (C=O) groups is 2. The molecule has 33 heavy (non-hydrogen) atoms. The number of aromatic nitrogens is 3. The third-order valence-corrected chi connectivity index (χ3v) is 6.21. The molecule has 170 valence electrons. The zero-order chi connectivity index (χ0) is 23.5. The number of nitrogens with zero attached hydrogens (tertiary/aromatic N) is 5. The van der Waals surface area contributed by atoms with Gasteiger partial charge in [0.05, 0.1) is 27.0 Å². The molecule has 4 rings (SSSR count). The molecule has 2 aromatic heterocycles. The van der Waals surface area contributed by atoms with Crippen LogP contribution in [0, 0.1) is 0 Å². The maximum absolute atomic E-state index is 13.1. The molecule has 1 aliphatic rings. The number of hydrogen-bond donors (Lipinski definition) is 1. The summed E-state index contributed by atoms with van der Waals surface area (Å²) in [4.78, 5) is 40.4. The molecule has 0 radical (unpaired) electrons. The molecule has 2 amide bonds. The van der Waals surface area contributed by atoms with Crippen LogP contribution >= 0.6 is 23.2 Å². The first-order valence-electron chi connectivity index (χ1n) is 10.5. The van der Waals surface area contributed by atoms with E-state index in [1.165, 1.54) is 6.33 Å². The van der Waals surface area contributed by atoms with Crippen molar-refractivity contribution in [2.24, 2.45) is 0 Å². The molecule has 3 aromatic rings. The lowest BCUT2D eigenvalue weighted by Gasteiger charge is -2.33. The van der Waals surface area contributed by atoms with Crippen molar-refractivity contribution in [1.82, 2.24) is 24.8 Å². The molecule has 1 aromatic carbocycles. The lowest BCUT2D eigenvalue weighted by Crippen LogP contribution is -2.48. The summed E-state index contributed by atoms with van der Waals surface area (Å²) < 4.78 is 0. The van der Waals surface area contributed by atoms with Gasteiger partial charge in [-0.3, -0.25) is 9.59 Å². The zero-order valence-corrected chi connectivity index (χ0v) is 19.5. The Labute approximate surface area is 201 Å². The van der Waals surface area contributed by atoms with Crippen molar-refractivity contribution in [2.45, 2.75) is 13.3 Å². The van der Waals surface area contributed by atoms with Crippen molar-refractivity contribution >= 4 is 41.3 Å². The lowest BCUT2D eigenvalue weighted by atomic mass is 9.97. The number of piperazine rings is 1. The Morgan fingerprint density at radius 1 is 1.06 bits per heavy atom. The number of carbonyl (C=O) groups excluding carboxylic acids is 2. The van der Waals surface area contributed by atoms with Gasteiger partial charge in [-0.25, -0.2) is 15.0 Å². The van der Waals surface area contributed by atoms with Gasteiger partial charge >= 0.3 is 0 Å². The zero-order valence-electron chi connectivity index (χ0n) is 18.0. The van der Waals surface area contributed by atoms with Crippen LogP contribution in [0.3, 0.4) is 0 Å². The summed E-state index contributed by atoms with van der Waals surface area (Å²) in [7, 11) is 0. The van der Waals surface area contributed by atoms with Gasteiger partial charge in [-0.15, -0.1) is 0 Å². The van der Waals surface area contributed by atoms with E-state index in [1.54, 1.807) is 34.2 Å². The van der Waals surface area contributed by atoms with Gasteiger partial charge < -0.3 is 15.5 Å². The monoisotopic (exact) mass is 484 g/mol. The predicted octanol–water partition coefficient (Wildman–Crippen LogP) is 3.57. The average molecular weight is 485 g/mol. The molecular formula is C23H22Cl2N6O2. The molecule has 1 fully saturated rings. The predicted molar refractivity (Wildman–Crippen MR) is 128 cm³/mol. The minimum Gasteiger partial charge on any atom is -0.384 e. The number of nitrogens with two attached hydrogens (primary N) is 1. The average Bonchev–Trinajstić information content (AvgIpc) is 2.83. The van der Waals surface area contributed by atoms with Gasteiger partial charge in [-0.2, -0.15) is 0 Å². The van der Waals surface area contributed by atoms with Gasteiger partial charge in [0.25, 0.3) is 5.91 Å². The summed E-state index contributed by atoms with van der Waals surface area (Å²) in [5.74, 6) is 0.153.